The molecule has 0 bridgehead atoms. The molecular formula is C25H29N3O5S. The Labute approximate surface area is 199 Å². The van der Waals surface area contributed by atoms with Gasteiger partial charge in [-0.15, -0.1) is 0 Å². The molecular weight excluding hydrogens is 454 g/mol. The van der Waals surface area contributed by atoms with Gasteiger partial charge in [-0.25, -0.2) is 13.1 Å². The molecule has 34 heavy (non-hydrogen) atoms. The van der Waals surface area contributed by atoms with Crippen molar-refractivity contribution in [2.75, 3.05) is 0 Å². The minimum absolute atomic E-state index is 0.0802. The van der Waals surface area contributed by atoms with E-state index in [9.17, 15) is 23.4 Å². The largest absolute Gasteiger partial charge is 0.506 e. The van der Waals surface area contributed by atoms with E-state index in [-0.39, 0.29) is 29.7 Å². The number of pyridine rings is 1. The molecule has 0 aliphatic heterocycles. The second kappa shape index (κ2) is 9.92. The van der Waals surface area contributed by atoms with Crippen LogP contribution < -0.4 is 10.0 Å². The normalized spacial score (nSPS) is 11.9. The van der Waals surface area contributed by atoms with Gasteiger partial charge in [0.2, 0.25) is 10.0 Å². The maximum atomic E-state index is 12.9. The lowest BCUT2D eigenvalue weighted by Crippen LogP contribution is -2.40. The molecule has 0 saturated carbocycles. The zero-order valence-electron chi connectivity index (χ0n) is 19.6. The molecule has 0 aliphatic rings. The van der Waals surface area contributed by atoms with Crippen LogP contribution in [0, 0.1) is 6.92 Å². The molecule has 0 fully saturated rings. The van der Waals surface area contributed by atoms with Crippen LogP contribution in [0.1, 0.15) is 48.0 Å². The van der Waals surface area contributed by atoms with Gasteiger partial charge in [0.15, 0.2) is 0 Å². The molecule has 1 heterocycles. The van der Waals surface area contributed by atoms with E-state index >= 15 is 0 Å². The molecule has 3 aromatic rings. The van der Waals surface area contributed by atoms with Gasteiger partial charge in [0.1, 0.15) is 5.75 Å². The fraction of sp³-hybridized carbons (Fsp3) is 0.280. The number of aliphatic hydroxyl groups is 1. The highest BCUT2D eigenvalue weighted by molar-refractivity contribution is 7.89. The summed E-state index contributed by atoms with van der Waals surface area (Å²) in [5.74, 6) is -0.445. The van der Waals surface area contributed by atoms with E-state index in [1.807, 2.05) is 0 Å². The molecule has 9 heteroatoms. The summed E-state index contributed by atoms with van der Waals surface area (Å²) < 4.78 is 28.5. The summed E-state index contributed by atoms with van der Waals surface area (Å²) in [6.07, 6.45) is 1.51. The number of hydrogen-bond donors (Lipinski definition) is 4. The standard InChI is InChI=1S/C25H29N3O5S/c1-16-23(30)21(15-29)19(13-26-16)14-27-24(31)18-11-9-17(10-12-18)20-7-5-6-8-22(20)34(32,33)28-25(2,3)4/h5-13,28-30H,14-15H2,1-4H3,(H,27,31). The summed E-state index contributed by atoms with van der Waals surface area (Å²) in [7, 11) is -3.75. The Morgan fingerprint density at radius 2 is 1.71 bits per heavy atom. The minimum atomic E-state index is -3.75. The summed E-state index contributed by atoms with van der Waals surface area (Å²) >= 11 is 0. The number of aryl methyl sites for hydroxylation is 1. The Balaban J connectivity index is 1.80. The quantitative estimate of drug-likeness (QED) is 0.408. The molecule has 0 radical (unpaired) electrons. The van der Waals surface area contributed by atoms with E-state index in [1.165, 1.54) is 6.20 Å². The van der Waals surface area contributed by atoms with Crippen LogP contribution in [0.25, 0.3) is 11.1 Å². The Bertz CT molecular complexity index is 1300. The summed E-state index contributed by atoms with van der Waals surface area (Å²) in [4.78, 5) is 16.9. The van der Waals surface area contributed by atoms with E-state index in [1.54, 1.807) is 76.2 Å². The predicted molar refractivity (Wildman–Crippen MR) is 130 cm³/mol. The molecule has 8 nitrogen and oxygen atoms in total. The first-order valence-electron chi connectivity index (χ1n) is 10.7. The Morgan fingerprint density at radius 1 is 1.06 bits per heavy atom. The van der Waals surface area contributed by atoms with E-state index in [0.29, 0.717) is 33.5 Å². The number of benzene rings is 2. The van der Waals surface area contributed by atoms with Gasteiger partial charge in [-0.1, -0.05) is 30.3 Å². The number of nitrogens with one attached hydrogen (secondary N) is 2. The number of aliphatic hydroxyl groups excluding tert-OH is 1. The number of rotatable bonds is 7. The zero-order chi connectivity index (χ0) is 25.1. The van der Waals surface area contributed by atoms with Gasteiger partial charge >= 0.3 is 0 Å². The smallest absolute Gasteiger partial charge is 0.251 e. The van der Waals surface area contributed by atoms with E-state index in [4.69, 9.17) is 0 Å². The van der Waals surface area contributed by atoms with E-state index in [2.05, 4.69) is 15.0 Å². The third-order valence-electron chi connectivity index (χ3n) is 5.10. The van der Waals surface area contributed by atoms with Crippen LogP contribution in [-0.4, -0.2) is 35.1 Å². The minimum Gasteiger partial charge on any atom is -0.506 e. The lowest BCUT2D eigenvalue weighted by molar-refractivity contribution is 0.0950. The average Bonchev–Trinajstić information content (AvgIpc) is 2.78. The number of amides is 1. The third-order valence-corrected chi connectivity index (χ3v) is 6.92. The van der Waals surface area contributed by atoms with Crippen molar-refractivity contribution in [2.45, 2.75) is 51.3 Å². The van der Waals surface area contributed by atoms with Crippen molar-refractivity contribution in [3.8, 4) is 16.9 Å². The van der Waals surface area contributed by atoms with E-state index < -0.39 is 15.6 Å². The predicted octanol–water partition coefficient (Wildman–Crippen LogP) is 3.26. The van der Waals surface area contributed by atoms with Crippen LogP contribution in [0.3, 0.4) is 0 Å². The van der Waals surface area contributed by atoms with Crippen molar-refractivity contribution < 1.29 is 23.4 Å². The van der Waals surface area contributed by atoms with Gasteiger partial charge in [0, 0.05) is 35.0 Å². The number of sulfonamides is 1. The molecule has 2 aromatic carbocycles. The second-order valence-corrected chi connectivity index (χ2v) is 10.6. The number of aromatic nitrogens is 1. The molecule has 0 unspecified atom stereocenters. The van der Waals surface area contributed by atoms with Crippen LogP contribution in [0.2, 0.25) is 0 Å². The number of hydrogen-bond acceptors (Lipinski definition) is 6. The maximum Gasteiger partial charge on any atom is 0.251 e. The van der Waals surface area contributed by atoms with Crippen LogP contribution in [0.5, 0.6) is 5.75 Å². The lowest BCUT2D eigenvalue weighted by Gasteiger charge is -2.21. The lowest BCUT2D eigenvalue weighted by atomic mass is 10.0. The maximum absolute atomic E-state index is 12.9. The molecule has 1 amide bonds. The summed E-state index contributed by atoms with van der Waals surface area (Å²) in [5, 5.41) is 22.3. The molecule has 180 valence electrons. The molecule has 3 rings (SSSR count). The number of nitrogens with zero attached hydrogens (tertiary/aromatic N) is 1. The fourth-order valence-electron chi connectivity index (χ4n) is 3.49. The SMILES string of the molecule is Cc1ncc(CNC(=O)c2ccc(-c3ccccc3S(=O)(=O)NC(C)(C)C)cc2)c(CO)c1O. The topological polar surface area (TPSA) is 129 Å². The van der Waals surface area contributed by atoms with Crippen molar-refractivity contribution in [1.82, 2.24) is 15.0 Å². The van der Waals surface area contributed by atoms with Crippen molar-refractivity contribution in [3.63, 3.8) is 0 Å². The molecule has 4 N–H and O–H groups in total. The molecule has 0 saturated heterocycles. The van der Waals surface area contributed by atoms with Gasteiger partial charge < -0.3 is 15.5 Å². The van der Waals surface area contributed by atoms with Crippen molar-refractivity contribution in [2.24, 2.45) is 0 Å². The van der Waals surface area contributed by atoms with Crippen LogP contribution in [0.4, 0.5) is 0 Å². The van der Waals surface area contributed by atoms with Crippen LogP contribution in [-0.2, 0) is 23.2 Å². The van der Waals surface area contributed by atoms with Gasteiger partial charge in [0.25, 0.3) is 5.91 Å². The first kappa shape index (κ1) is 25.4. The Kier molecular flexibility index (Phi) is 7.40. The fourth-order valence-corrected chi connectivity index (χ4v) is 5.14. The number of aromatic hydroxyl groups is 1. The first-order chi connectivity index (χ1) is 15.9. The van der Waals surface area contributed by atoms with Crippen molar-refractivity contribution in [1.29, 1.82) is 0 Å². The first-order valence-corrected chi connectivity index (χ1v) is 12.2. The Morgan fingerprint density at radius 3 is 2.32 bits per heavy atom. The molecule has 0 aliphatic carbocycles. The second-order valence-electron chi connectivity index (χ2n) is 8.97. The summed E-state index contributed by atoms with van der Waals surface area (Å²) in [6, 6.07) is 13.3. The van der Waals surface area contributed by atoms with E-state index in [0.717, 1.165) is 0 Å². The third kappa shape index (κ3) is 5.80. The highest BCUT2D eigenvalue weighted by atomic mass is 32.2. The average molecular weight is 484 g/mol. The van der Waals surface area contributed by atoms with Crippen molar-refractivity contribution >= 4 is 15.9 Å². The summed E-state index contributed by atoms with van der Waals surface area (Å²) in [6.45, 7) is 6.66. The molecule has 1 aromatic heterocycles. The molecule has 0 spiro atoms. The summed E-state index contributed by atoms with van der Waals surface area (Å²) in [5.41, 5.74) is 2.17. The highest BCUT2D eigenvalue weighted by Gasteiger charge is 2.24. The van der Waals surface area contributed by atoms with Gasteiger partial charge in [0.05, 0.1) is 17.2 Å². The number of carbonyl (C=O) groups excluding carboxylic acids is 1. The van der Waals surface area contributed by atoms with Gasteiger partial charge in [-0.3, -0.25) is 9.78 Å². The van der Waals surface area contributed by atoms with Crippen LogP contribution in [0.15, 0.2) is 59.6 Å². The van der Waals surface area contributed by atoms with Crippen molar-refractivity contribution in [3.05, 3.63) is 77.1 Å². The van der Waals surface area contributed by atoms with Crippen LogP contribution >= 0.6 is 0 Å². The molecule has 0 atom stereocenters. The monoisotopic (exact) mass is 483 g/mol. The Hall–Kier alpha value is -3.27. The van der Waals surface area contributed by atoms with Gasteiger partial charge in [-0.05, 0) is 57.0 Å². The zero-order valence-corrected chi connectivity index (χ0v) is 20.4. The van der Waals surface area contributed by atoms with Gasteiger partial charge in [-0.2, -0.15) is 0 Å². The number of carbonyl (C=O) groups is 1. The highest BCUT2D eigenvalue weighted by Crippen LogP contribution is 2.28.